The third-order valence-corrected chi connectivity index (χ3v) is 6.88. The van der Waals surface area contributed by atoms with Crippen molar-refractivity contribution in [2.24, 2.45) is 0 Å². The van der Waals surface area contributed by atoms with Crippen molar-refractivity contribution in [1.82, 2.24) is 5.32 Å². The molecular formula is C27H32N2O4S. The average molecular weight is 481 g/mol. The van der Waals surface area contributed by atoms with Gasteiger partial charge in [0.15, 0.2) is 0 Å². The number of hydrogen-bond donors (Lipinski definition) is 1. The van der Waals surface area contributed by atoms with E-state index >= 15 is 0 Å². The van der Waals surface area contributed by atoms with Gasteiger partial charge in [0.25, 0.3) is 0 Å². The van der Waals surface area contributed by atoms with Gasteiger partial charge in [-0.2, -0.15) is 0 Å². The van der Waals surface area contributed by atoms with Crippen LogP contribution in [0.2, 0.25) is 0 Å². The van der Waals surface area contributed by atoms with E-state index in [1.807, 2.05) is 50.2 Å². The molecule has 1 N–H and O–H groups in total. The highest BCUT2D eigenvalue weighted by molar-refractivity contribution is 7.92. The molecule has 180 valence electrons. The van der Waals surface area contributed by atoms with Crippen LogP contribution in [0.25, 0.3) is 0 Å². The van der Waals surface area contributed by atoms with E-state index in [4.69, 9.17) is 4.74 Å². The lowest BCUT2D eigenvalue weighted by Crippen LogP contribution is -2.33. The first-order valence-electron chi connectivity index (χ1n) is 11.2. The second kappa shape index (κ2) is 11.2. The Morgan fingerprint density at radius 3 is 2.38 bits per heavy atom. The molecule has 0 radical (unpaired) electrons. The molecule has 0 heterocycles. The predicted molar refractivity (Wildman–Crippen MR) is 137 cm³/mol. The zero-order chi connectivity index (χ0) is 24.7. The highest BCUT2D eigenvalue weighted by Gasteiger charge is 2.21. The van der Waals surface area contributed by atoms with E-state index in [0.29, 0.717) is 17.9 Å². The first-order valence-corrected chi connectivity index (χ1v) is 13.1. The molecule has 0 aromatic heterocycles. The summed E-state index contributed by atoms with van der Waals surface area (Å²) in [6.45, 7) is 4.28. The lowest BCUT2D eigenvalue weighted by molar-refractivity contribution is -0.121. The molecule has 0 aliphatic rings. The lowest BCUT2D eigenvalue weighted by Gasteiger charge is -2.24. The Labute approximate surface area is 202 Å². The monoisotopic (exact) mass is 480 g/mol. The Hall–Kier alpha value is -3.32. The van der Waals surface area contributed by atoms with Crippen molar-refractivity contribution in [3.05, 3.63) is 95.1 Å². The molecule has 1 atom stereocenters. The Morgan fingerprint density at radius 1 is 1.00 bits per heavy atom. The molecule has 1 unspecified atom stereocenters. The molecule has 34 heavy (non-hydrogen) atoms. The summed E-state index contributed by atoms with van der Waals surface area (Å²) in [5.74, 6) is 0.441. The van der Waals surface area contributed by atoms with E-state index in [-0.39, 0.29) is 24.9 Å². The van der Waals surface area contributed by atoms with E-state index in [2.05, 4.69) is 17.4 Å². The van der Waals surface area contributed by atoms with Gasteiger partial charge in [-0.05, 0) is 49.1 Å². The number of aryl methyl sites for hydroxylation is 2. The van der Waals surface area contributed by atoms with Crippen molar-refractivity contribution in [3.63, 3.8) is 0 Å². The van der Waals surface area contributed by atoms with Crippen LogP contribution in [0.3, 0.4) is 0 Å². The minimum Gasteiger partial charge on any atom is -0.497 e. The zero-order valence-corrected chi connectivity index (χ0v) is 20.9. The molecule has 7 heteroatoms. The topological polar surface area (TPSA) is 75.7 Å². The van der Waals surface area contributed by atoms with Crippen LogP contribution in [-0.2, 0) is 14.8 Å². The van der Waals surface area contributed by atoms with Crippen LogP contribution in [-0.4, -0.2) is 34.2 Å². The predicted octanol–water partition coefficient (Wildman–Crippen LogP) is 4.76. The number of carbonyl (C=O) groups is 1. The van der Waals surface area contributed by atoms with Crippen molar-refractivity contribution in [2.45, 2.75) is 32.7 Å². The molecule has 3 aromatic carbocycles. The Bertz CT molecular complexity index is 1230. The van der Waals surface area contributed by atoms with E-state index < -0.39 is 10.0 Å². The Kier molecular flexibility index (Phi) is 8.34. The highest BCUT2D eigenvalue weighted by Crippen LogP contribution is 2.26. The van der Waals surface area contributed by atoms with Gasteiger partial charge < -0.3 is 10.1 Å². The average Bonchev–Trinajstić information content (AvgIpc) is 2.80. The number of amides is 1. The standard InChI is InChI=1S/C27H32N2O4S/c1-20-15-16-25(21(2)18-20)27(22-10-6-5-7-11-22)28-26(30)14-9-17-29(34(4,31)32)23-12-8-13-24(19-23)33-3/h5-8,10-13,15-16,18-19,27H,9,14,17H2,1-4H3,(H,28,30). The largest absolute Gasteiger partial charge is 0.497 e. The van der Waals surface area contributed by atoms with Gasteiger partial charge in [0.1, 0.15) is 5.75 Å². The van der Waals surface area contributed by atoms with Crippen molar-refractivity contribution >= 4 is 21.6 Å². The second-order valence-corrected chi connectivity index (χ2v) is 10.3. The molecule has 6 nitrogen and oxygen atoms in total. The fourth-order valence-electron chi connectivity index (χ4n) is 4.00. The Balaban J connectivity index is 1.73. The number of hydrogen-bond acceptors (Lipinski definition) is 4. The number of carbonyl (C=O) groups excluding carboxylic acids is 1. The fraction of sp³-hybridized carbons (Fsp3) is 0.296. The molecule has 0 bridgehead atoms. The summed E-state index contributed by atoms with van der Waals surface area (Å²) >= 11 is 0. The molecule has 0 saturated heterocycles. The Morgan fingerprint density at radius 2 is 1.74 bits per heavy atom. The molecule has 0 saturated carbocycles. The maximum absolute atomic E-state index is 12.9. The van der Waals surface area contributed by atoms with E-state index in [1.54, 1.807) is 24.3 Å². The molecule has 0 fully saturated rings. The molecule has 0 spiro atoms. The van der Waals surface area contributed by atoms with Gasteiger partial charge >= 0.3 is 0 Å². The normalized spacial score (nSPS) is 12.1. The molecule has 3 aromatic rings. The van der Waals surface area contributed by atoms with Crippen molar-refractivity contribution < 1.29 is 17.9 Å². The van der Waals surface area contributed by atoms with Gasteiger partial charge in [-0.25, -0.2) is 8.42 Å². The smallest absolute Gasteiger partial charge is 0.232 e. The van der Waals surface area contributed by atoms with Crippen LogP contribution in [0.15, 0.2) is 72.8 Å². The zero-order valence-electron chi connectivity index (χ0n) is 20.1. The summed E-state index contributed by atoms with van der Waals surface area (Å²) in [7, 11) is -1.98. The molecule has 0 aliphatic carbocycles. The summed E-state index contributed by atoms with van der Waals surface area (Å²) in [6.07, 6.45) is 1.74. The van der Waals surface area contributed by atoms with Crippen LogP contribution in [0, 0.1) is 13.8 Å². The highest BCUT2D eigenvalue weighted by atomic mass is 32.2. The maximum atomic E-state index is 12.9. The van der Waals surface area contributed by atoms with Gasteiger partial charge in [0.2, 0.25) is 15.9 Å². The van der Waals surface area contributed by atoms with Gasteiger partial charge in [0, 0.05) is 19.0 Å². The van der Waals surface area contributed by atoms with Crippen molar-refractivity contribution in [2.75, 3.05) is 24.2 Å². The van der Waals surface area contributed by atoms with Gasteiger partial charge in [-0.15, -0.1) is 0 Å². The third-order valence-electron chi connectivity index (χ3n) is 5.68. The summed E-state index contributed by atoms with van der Waals surface area (Å²) in [5.41, 5.74) is 4.82. The number of rotatable bonds is 10. The summed E-state index contributed by atoms with van der Waals surface area (Å²) < 4.78 is 31.3. The number of methoxy groups -OCH3 is 1. The SMILES string of the molecule is COc1cccc(N(CCCC(=O)NC(c2ccccc2)c2ccc(C)cc2C)S(C)(=O)=O)c1. The minimum absolute atomic E-state index is 0.132. The third kappa shape index (κ3) is 6.60. The second-order valence-electron chi connectivity index (χ2n) is 8.41. The van der Waals surface area contributed by atoms with Gasteiger partial charge in [0.05, 0.1) is 25.1 Å². The summed E-state index contributed by atoms with van der Waals surface area (Å²) in [6, 6.07) is 22.7. The van der Waals surface area contributed by atoms with Crippen LogP contribution in [0.5, 0.6) is 5.75 Å². The summed E-state index contributed by atoms with van der Waals surface area (Å²) in [4.78, 5) is 12.9. The number of sulfonamides is 1. The number of nitrogens with one attached hydrogen (secondary N) is 1. The van der Waals surface area contributed by atoms with Crippen LogP contribution in [0.4, 0.5) is 5.69 Å². The van der Waals surface area contributed by atoms with E-state index in [1.165, 1.54) is 11.4 Å². The van der Waals surface area contributed by atoms with Crippen LogP contribution in [0.1, 0.15) is 41.1 Å². The van der Waals surface area contributed by atoms with Crippen LogP contribution >= 0.6 is 0 Å². The summed E-state index contributed by atoms with van der Waals surface area (Å²) in [5, 5.41) is 3.15. The van der Waals surface area contributed by atoms with Crippen molar-refractivity contribution in [3.8, 4) is 5.75 Å². The lowest BCUT2D eigenvalue weighted by atomic mass is 9.93. The minimum atomic E-state index is -3.51. The number of benzene rings is 3. The first kappa shape index (κ1) is 25.3. The van der Waals surface area contributed by atoms with Crippen molar-refractivity contribution in [1.29, 1.82) is 0 Å². The molecule has 0 aliphatic heterocycles. The number of anilines is 1. The fourth-order valence-corrected chi connectivity index (χ4v) is 4.96. The first-order chi connectivity index (χ1) is 16.2. The quantitative estimate of drug-likeness (QED) is 0.454. The van der Waals surface area contributed by atoms with E-state index in [0.717, 1.165) is 28.5 Å². The molecule has 1 amide bonds. The van der Waals surface area contributed by atoms with Gasteiger partial charge in [-0.3, -0.25) is 9.10 Å². The molecule has 3 rings (SSSR count). The number of ether oxygens (including phenoxy) is 1. The number of nitrogens with zero attached hydrogens (tertiary/aromatic N) is 1. The maximum Gasteiger partial charge on any atom is 0.232 e. The van der Waals surface area contributed by atoms with Gasteiger partial charge in [-0.1, -0.05) is 60.2 Å². The molecular weight excluding hydrogens is 448 g/mol. The van der Waals surface area contributed by atoms with E-state index in [9.17, 15) is 13.2 Å². The van der Waals surface area contributed by atoms with Crippen LogP contribution < -0.4 is 14.4 Å².